The molecule has 8 rings (SSSR count). The standard InChI is InChI=1S/C66H88N8O6/c1-46(2)25-36-71(37-26-47(3)4)63(75)52-29-40-73-58(44-52)56(22-16-33-69-31-11-9-12-32-69)62(68-73)51-19-15-21-55(43-51)66(79)80-60-24-10-13-34-70(60)35-17-23-57-59-45-53(64(76)72(38-27-48(5)6)39-28-49(7)8)30-41-74(59)67-61(57)50-18-14-20-54(42-50)65(77)78/h14-15,17-21,23,29-30,40-49,60H,9-13,16,22,24-28,31-39H2,1-8H3,(H,77,78). The number of piperidine rings is 2. The predicted octanol–water partition coefficient (Wildman–Crippen LogP) is 13.2. The number of nitrogens with zero attached hydrogens (tertiary/aromatic N) is 8. The molecule has 14 heteroatoms. The van der Waals surface area contributed by atoms with Gasteiger partial charge in [0.25, 0.3) is 11.8 Å². The number of aromatic carboxylic acids is 1. The van der Waals surface area contributed by atoms with Crippen molar-refractivity contribution in [1.82, 2.24) is 38.8 Å². The minimum absolute atomic E-state index is 0.0246. The van der Waals surface area contributed by atoms with E-state index < -0.39 is 18.2 Å². The monoisotopic (exact) mass is 1090 g/mol. The number of pyridine rings is 2. The molecule has 2 fully saturated rings. The van der Waals surface area contributed by atoms with Gasteiger partial charge in [0.05, 0.1) is 27.9 Å². The average molecular weight is 1090 g/mol. The van der Waals surface area contributed by atoms with E-state index in [1.807, 2.05) is 93.5 Å². The summed E-state index contributed by atoms with van der Waals surface area (Å²) in [7, 11) is 0. The van der Waals surface area contributed by atoms with Crippen molar-refractivity contribution in [2.24, 2.45) is 23.7 Å². The summed E-state index contributed by atoms with van der Waals surface area (Å²) in [6.07, 6.45) is 19.0. The van der Waals surface area contributed by atoms with Gasteiger partial charge in [-0.15, -0.1) is 0 Å². The highest BCUT2D eigenvalue weighted by molar-refractivity contribution is 5.98. The molecule has 2 aromatic carbocycles. The lowest BCUT2D eigenvalue weighted by Crippen LogP contribution is -2.42. The minimum Gasteiger partial charge on any atom is -0.478 e. The van der Waals surface area contributed by atoms with E-state index in [1.54, 1.807) is 22.7 Å². The molecular weight excluding hydrogens is 1000 g/mol. The van der Waals surface area contributed by atoms with E-state index in [-0.39, 0.29) is 17.4 Å². The summed E-state index contributed by atoms with van der Waals surface area (Å²) in [6.45, 7) is 24.7. The first kappa shape index (κ1) is 59.5. The maximum Gasteiger partial charge on any atom is 0.339 e. The number of benzene rings is 2. The Kier molecular flexibility index (Phi) is 20.9. The first-order valence-electron chi connectivity index (χ1n) is 29.9. The zero-order valence-electron chi connectivity index (χ0n) is 49.0. The Morgan fingerprint density at radius 3 is 1.74 bits per heavy atom. The fraction of sp³-hybridized carbons (Fsp3) is 0.515. The Hall–Kier alpha value is -6.64. The van der Waals surface area contributed by atoms with Crippen LogP contribution in [0.4, 0.5) is 0 Å². The Balaban J connectivity index is 1.05. The van der Waals surface area contributed by atoms with Gasteiger partial charge in [0, 0.05) is 85.0 Å². The number of aryl methyl sites for hydroxylation is 1. The van der Waals surface area contributed by atoms with Gasteiger partial charge in [-0.2, -0.15) is 10.2 Å². The van der Waals surface area contributed by atoms with Crippen LogP contribution in [0.15, 0.2) is 91.3 Å². The highest BCUT2D eigenvalue weighted by Gasteiger charge is 2.28. The second kappa shape index (κ2) is 28.2. The quantitative estimate of drug-likeness (QED) is 0.0521. The zero-order valence-corrected chi connectivity index (χ0v) is 49.0. The number of hydrogen-bond acceptors (Lipinski definition) is 9. The van der Waals surface area contributed by atoms with E-state index in [2.05, 4.69) is 65.2 Å². The molecule has 2 aliphatic rings. The van der Waals surface area contributed by atoms with Gasteiger partial charge in [-0.1, -0.05) is 98.2 Å². The molecule has 2 saturated heterocycles. The van der Waals surface area contributed by atoms with Crippen LogP contribution in [0.2, 0.25) is 0 Å². The van der Waals surface area contributed by atoms with Crippen LogP contribution >= 0.6 is 0 Å². The number of esters is 1. The van der Waals surface area contributed by atoms with Gasteiger partial charge in [-0.25, -0.2) is 18.6 Å². The van der Waals surface area contributed by atoms with Gasteiger partial charge in [-0.3, -0.25) is 14.5 Å². The molecular formula is C66H88N8O6. The Labute approximate surface area is 475 Å². The molecule has 1 unspecified atom stereocenters. The highest BCUT2D eigenvalue weighted by atomic mass is 16.6. The third-order valence-corrected chi connectivity index (χ3v) is 15.9. The average Bonchev–Trinajstić information content (AvgIpc) is 4.04. The van der Waals surface area contributed by atoms with Crippen molar-refractivity contribution in [3.63, 3.8) is 0 Å². The van der Waals surface area contributed by atoms with Crippen LogP contribution in [0.1, 0.15) is 179 Å². The van der Waals surface area contributed by atoms with Crippen LogP contribution in [-0.4, -0.2) is 133 Å². The number of carbonyl (C=O) groups is 4. The molecule has 6 aromatic rings. The van der Waals surface area contributed by atoms with Gasteiger partial charge >= 0.3 is 11.9 Å². The minimum atomic E-state index is -1.03. The molecule has 2 aliphatic heterocycles. The predicted molar refractivity (Wildman–Crippen MR) is 320 cm³/mol. The summed E-state index contributed by atoms with van der Waals surface area (Å²) < 4.78 is 10.1. The zero-order chi connectivity index (χ0) is 56.9. The van der Waals surface area contributed by atoms with Gasteiger partial charge in [0.2, 0.25) is 0 Å². The van der Waals surface area contributed by atoms with Crippen molar-refractivity contribution in [2.45, 2.75) is 139 Å². The number of hydrogen-bond donors (Lipinski definition) is 1. The lowest BCUT2D eigenvalue weighted by Gasteiger charge is -2.34. The Morgan fingerprint density at radius 1 is 0.625 bits per heavy atom. The first-order valence-corrected chi connectivity index (χ1v) is 29.9. The highest BCUT2D eigenvalue weighted by Crippen LogP contribution is 2.32. The smallest absolute Gasteiger partial charge is 0.339 e. The van der Waals surface area contributed by atoms with E-state index in [4.69, 9.17) is 14.9 Å². The molecule has 0 saturated carbocycles. The van der Waals surface area contributed by atoms with Crippen molar-refractivity contribution in [3.05, 3.63) is 125 Å². The molecule has 4 aromatic heterocycles. The van der Waals surface area contributed by atoms with Gasteiger partial charge in [0.15, 0.2) is 6.23 Å². The number of carboxylic acids is 1. The van der Waals surface area contributed by atoms with Crippen molar-refractivity contribution >= 4 is 40.9 Å². The van der Waals surface area contributed by atoms with Gasteiger partial charge < -0.3 is 24.5 Å². The van der Waals surface area contributed by atoms with Crippen molar-refractivity contribution in [1.29, 1.82) is 0 Å². The first-order chi connectivity index (χ1) is 38.5. The molecule has 0 bridgehead atoms. The summed E-state index contributed by atoms with van der Waals surface area (Å²) in [6, 6.07) is 22.0. The normalized spacial score (nSPS) is 15.6. The van der Waals surface area contributed by atoms with Crippen LogP contribution in [0.3, 0.4) is 0 Å². The SMILES string of the molecule is CC(C)CCN(CCC(C)C)C(=O)c1ccn2nc(-c3cccc(C(=O)O)c3)c(C=CCN3CCCCC3OC(=O)c3cccc(-c4nn5ccc(C(=O)N(CCC(C)C)CCC(C)C)cc5c4CCCN4CCCCC4)c3)c2c1. The maximum absolute atomic E-state index is 14.4. The molecule has 0 radical (unpaired) electrons. The lowest BCUT2D eigenvalue weighted by molar-refractivity contribution is -0.0456. The van der Waals surface area contributed by atoms with E-state index in [0.717, 1.165) is 124 Å². The summed E-state index contributed by atoms with van der Waals surface area (Å²) in [5.74, 6) is 0.472. The summed E-state index contributed by atoms with van der Waals surface area (Å²) in [5.41, 5.74) is 8.16. The van der Waals surface area contributed by atoms with Crippen molar-refractivity contribution < 1.29 is 29.0 Å². The van der Waals surface area contributed by atoms with Crippen LogP contribution in [0.5, 0.6) is 0 Å². The lowest BCUT2D eigenvalue weighted by atomic mass is 10.00. The molecule has 80 heavy (non-hydrogen) atoms. The number of fused-ring (bicyclic) bond motifs is 2. The summed E-state index contributed by atoms with van der Waals surface area (Å²) in [5, 5.41) is 20.1. The largest absolute Gasteiger partial charge is 0.478 e. The van der Waals surface area contributed by atoms with Crippen molar-refractivity contribution in [2.75, 3.05) is 58.9 Å². The Morgan fingerprint density at radius 2 is 1.15 bits per heavy atom. The molecule has 14 nitrogen and oxygen atoms in total. The number of amides is 2. The molecule has 0 spiro atoms. The molecule has 2 amide bonds. The van der Waals surface area contributed by atoms with E-state index in [1.165, 1.54) is 19.3 Å². The summed E-state index contributed by atoms with van der Waals surface area (Å²) in [4.78, 5) is 63.8. The number of carboxylic acid groups (broad SMARTS) is 1. The van der Waals surface area contributed by atoms with Crippen LogP contribution in [-0.2, 0) is 11.2 Å². The second-order valence-electron chi connectivity index (χ2n) is 24.1. The third kappa shape index (κ3) is 15.6. The molecule has 428 valence electrons. The number of likely N-dealkylation sites (tertiary alicyclic amines) is 2. The number of rotatable bonds is 26. The van der Waals surface area contributed by atoms with Crippen molar-refractivity contribution in [3.8, 4) is 22.5 Å². The van der Waals surface area contributed by atoms with E-state index in [9.17, 15) is 24.3 Å². The fourth-order valence-electron chi connectivity index (χ4n) is 11.0. The van der Waals surface area contributed by atoms with Crippen LogP contribution in [0.25, 0.3) is 39.6 Å². The number of carbonyl (C=O) groups excluding carboxylic acids is 3. The molecule has 0 aliphatic carbocycles. The molecule has 1 N–H and O–H groups in total. The summed E-state index contributed by atoms with van der Waals surface area (Å²) >= 11 is 0. The van der Waals surface area contributed by atoms with E-state index >= 15 is 0 Å². The number of ether oxygens (including phenoxy) is 1. The maximum atomic E-state index is 14.4. The fourth-order valence-corrected chi connectivity index (χ4v) is 11.0. The molecule has 6 heterocycles. The second-order valence-corrected chi connectivity index (χ2v) is 24.1. The van der Waals surface area contributed by atoms with E-state index in [0.29, 0.717) is 77.7 Å². The van der Waals surface area contributed by atoms with Crippen LogP contribution < -0.4 is 0 Å². The third-order valence-electron chi connectivity index (χ3n) is 15.9. The van der Waals surface area contributed by atoms with Gasteiger partial charge in [-0.05, 0) is 162 Å². The molecule has 1 atom stereocenters. The van der Waals surface area contributed by atoms with Gasteiger partial charge in [0.1, 0.15) is 5.69 Å². The topological polar surface area (TPSA) is 145 Å². The van der Waals surface area contributed by atoms with Crippen LogP contribution in [0, 0.1) is 23.7 Å². The Bertz CT molecular complexity index is 3070. The number of aromatic nitrogens is 4.